The van der Waals surface area contributed by atoms with Gasteiger partial charge in [0.1, 0.15) is 6.04 Å². The van der Waals surface area contributed by atoms with Gasteiger partial charge in [-0.1, -0.05) is 46.3 Å². The number of nitrogens with one attached hydrogen (secondary N) is 2. The molecule has 0 saturated heterocycles. The van der Waals surface area contributed by atoms with Crippen molar-refractivity contribution in [3.05, 3.63) is 76.3 Å². The number of carbonyl (C=O) groups excluding carboxylic acids is 3. The lowest BCUT2D eigenvalue weighted by Gasteiger charge is -2.15. The van der Waals surface area contributed by atoms with Crippen molar-refractivity contribution in [2.75, 3.05) is 11.9 Å². The number of carbonyl (C=O) groups is 4. The summed E-state index contributed by atoms with van der Waals surface area (Å²) in [6, 6.07) is 16.0. The zero-order valence-corrected chi connectivity index (χ0v) is 21.3. The Bertz CT molecular complexity index is 1370. The monoisotopic (exact) mass is 567 g/mol. The molecule has 0 fully saturated rings. The quantitative estimate of drug-likeness (QED) is 0.0776. The number of anilines is 1. The first-order chi connectivity index (χ1) is 17.7. The Labute approximate surface area is 221 Å². The van der Waals surface area contributed by atoms with E-state index in [1.165, 1.54) is 12.1 Å². The molecule has 0 saturated carbocycles. The van der Waals surface area contributed by atoms with Crippen molar-refractivity contribution >= 4 is 61.9 Å². The van der Waals surface area contributed by atoms with Gasteiger partial charge in [-0.05, 0) is 60.4 Å². The average Bonchev–Trinajstić information content (AvgIpc) is 2.87. The molecule has 0 radical (unpaired) electrons. The van der Waals surface area contributed by atoms with Gasteiger partial charge in [-0.15, -0.1) is 0 Å². The summed E-state index contributed by atoms with van der Waals surface area (Å²) in [6.45, 7) is 0.319. The maximum absolute atomic E-state index is 13.0. The maximum Gasteiger partial charge on any atom is 0.326 e. The molecule has 0 aliphatic rings. The number of ketones is 1. The predicted molar refractivity (Wildman–Crippen MR) is 144 cm³/mol. The molecule has 2 amide bonds. The summed E-state index contributed by atoms with van der Waals surface area (Å²) >= 11 is 3.27. The number of carboxylic acids is 1. The highest BCUT2D eigenvalue weighted by molar-refractivity contribution is 9.10. The molecular formula is C26H26BrN5O5. The fourth-order valence-corrected chi connectivity index (χ4v) is 3.97. The Kier molecular flexibility index (Phi) is 9.33. The van der Waals surface area contributed by atoms with Crippen molar-refractivity contribution in [3.63, 3.8) is 0 Å². The first-order valence-electron chi connectivity index (χ1n) is 11.4. The fourth-order valence-electron chi connectivity index (χ4n) is 3.61. The van der Waals surface area contributed by atoms with E-state index < -0.39 is 29.6 Å². The van der Waals surface area contributed by atoms with Gasteiger partial charge in [0.05, 0.1) is 11.3 Å². The Morgan fingerprint density at radius 3 is 2.38 bits per heavy atom. The molecular weight excluding hydrogens is 542 g/mol. The number of halogens is 1. The molecule has 0 bridgehead atoms. The Balaban J connectivity index is 1.73. The topological polar surface area (TPSA) is 177 Å². The van der Waals surface area contributed by atoms with Crippen LogP contribution in [0.2, 0.25) is 0 Å². The molecule has 3 rings (SSSR count). The molecule has 192 valence electrons. The summed E-state index contributed by atoms with van der Waals surface area (Å²) in [5.74, 6) is -3.89. The van der Waals surface area contributed by atoms with Crippen molar-refractivity contribution in [2.24, 2.45) is 16.5 Å². The van der Waals surface area contributed by atoms with Gasteiger partial charge in [-0.25, -0.2) is 4.79 Å². The smallest absolute Gasteiger partial charge is 0.326 e. The second kappa shape index (κ2) is 12.6. The SMILES string of the molecule is NC(N)=NCCCC[C@H](NC(=O)C(=O)c1cc(Br)ccc1NC(=O)c1ccc2ccccc2c1)C(=O)O. The number of fused-ring (bicyclic) bond motifs is 1. The largest absolute Gasteiger partial charge is 0.480 e. The van der Waals surface area contributed by atoms with Crippen LogP contribution < -0.4 is 22.1 Å². The minimum atomic E-state index is -1.28. The minimum Gasteiger partial charge on any atom is -0.480 e. The molecule has 11 heteroatoms. The van der Waals surface area contributed by atoms with Gasteiger partial charge in [0.15, 0.2) is 5.96 Å². The molecule has 0 aliphatic carbocycles. The Hall–Kier alpha value is -4.25. The zero-order valence-electron chi connectivity index (χ0n) is 19.7. The Morgan fingerprint density at radius 2 is 1.68 bits per heavy atom. The predicted octanol–water partition coefficient (Wildman–Crippen LogP) is 3.05. The van der Waals surface area contributed by atoms with Crippen LogP contribution in [0.15, 0.2) is 70.1 Å². The molecule has 0 aliphatic heterocycles. The standard InChI is InChI=1S/C26H26BrN5O5/c27-18-10-11-20(31-23(34)17-9-8-15-5-1-2-6-16(15)13-17)19(14-18)22(33)24(35)32-21(25(36)37)7-3-4-12-30-26(28)29/h1-2,5-6,8-11,13-14,21H,3-4,7,12H2,(H,31,34)(H,32,35)(H,36,37)(H4,28,29,30)/t21-/m0/s1. The van der Waals surface area contributed by atoms with Gasteiger partial charge in [0.25, 0.3) is 17.6 Å². The molecule has 10 nitrogen and oxygen atoms in total. The summed E-state index contributed by atoms with van der Waals surface area (Å²) < 4.78 is 0.502. The fraction of sp³-hybridized carbons (Fsp3) is 0.192. The highest BCUT2D eigenvalue weighted by Gasteiger charge is 2.26. The number of rotatable bonds is 11. The van der Waals surface area contributed by atoms with Gasteiger partial charge in [0.2, 0.25) is 0 Å². The van der Waals surface area contributed by atoms with E-state index >= 15 is 0 Å². The van der Waals surface area contributed by atoms with E-state index in [2.05, 4.69) is 31.6 Å². The summed E-state index contributed by atoms with van der Waals surface area (Å²) in [5.41, 5.74) is 10.9. The van der Waals surface area contributed by atoms with Crippen molar-refractivity contribution < 1.29 is 24.3 Å². The van der Waals surface area contributed by atoms with Crippen molar-refractivity contribution in [1.82, 2.24) is 5.32 Å². The van der Waals surface area contributed by atoms with E-state index in [4.69, 9.17) is 11.5 Å². The van der Waals surface area contributed by atoms with Gasteiger partial charge in [-0.2, -0.15) is 0 Å². The third kappa shape index (κ3) is 7.61. The number of hydrogen-bond acceptors (Lipinski definition) is 5. The van der Waals surface area contributed by atoms with E-state index in [1.54, 1.807) is 18.2 Å². The molecule has 1 atom stereocenters. The highest BCUT2D eigenvalue weighted by Crippen LogP contribution is 2.23. The normalized spacial score (nSPS) is 11.4. The van der Waals surface area contributed by atoms with Crippen LogP contribution in [-0.4, -0.2) is 47.2 Å². The first-order valence-corrected chi connectivity index (χ1v) is 12.2. The van der Waals surface area contributed by atoms with E-state index in [1.807, 2.05) is 30.3 Å². The third-order valence-electron chi connectivity index (χ3n) is 5.49. The van der Waals surface area contributed by atoms with Crippen LogP contribution in [0, 0.1) is 0 Å². The van der Waals surface area contributed by atoms with Crippen LogP contribution in [0.25, 0.3) is 10.8 Å². The van der Waals surface area contributed by atoms with Gasteiger partial charge < -0.3 is 27.2 Å². The van der Waals surface area contributed by atoms with Crippen molar-refractivity contribution in [2.45, 2.75) is 25.3 Å². The zero-order chi connectivity index (χ0) is 26.9. The second-order valence-electron chi connectivity index (χ2n) is 8.20. The van der Waals surface area contributed by atoms with E-state index in [9.17, 15) is 24.3 Å². The lowest BCUT2D eigenvalue weighted by molar-refractivity contribution is -0.141. The minimum absolute atomic E-state index is 0.0637. The first kappa shape index (κ1) is 27.3. The number of amides is 2. The second-order valence-corrected chi connectivity index (χ2v) is 9.12. The number of aliphatic imine (C=N–C) groups is 1. The molecule has 37 heavy (non-hydrogen) atoms. The number of nitrogens with two attached hydrogens (primary N) is 2. The number of carboxylic acid groups (broad SMARTS) is 1. The number of guanidine groups is 1. The number of nitrogens with zero attached hydrogens (tertiary/aromatic N) is 1. The lowest BCUT2D eigenvalue weighted by Crippen LogP contribution is -2.44. The van der Waals surface area contributed by atoms with Crippen LogP contribution in [0.4, 0.5) is 5.69 Å². The van der Waals surface area contributed by atoms with Gasteiger partial charge in [0, 0.05) is 16.6 Å². The van der Waals surface area contributed by atoms with Crippen LogP contribution in [0.5, 0.6) is 0 Å². The van der Waals surface area contributed by atoms with Crippen LogP contribution in [0.1, 0.15) is 40.0 Å². The molecule has 0 spiro atoms. The number of hydrogen-bond donors (Lipinski definition) is 5. The van der Waals surface area contributed by atoms with Crippen LogP contribution >= 0.6 is 15.9 Å². The molecule has 3 aromatic rings. The lowest BCUT2D eigenvalue weighted by atomic mass is 10.0. The summed E-state index contributed by atoms with van der Waals surface area (Å²) in [5, 5.41) is 16.3. The summed E-state index contributed by atoms with van der Waals surface area (Å²) in [6.07, 6.45) is 0.993. The summed E-state index contributed by atoms with van der Waals surface area (Å²) in [7, 11) is 0. The van der Waals surface area contributed by atoms with E-state index in [0.29, 0.717) is 29.4 Å². The molecule has 0 unspecified atom stereocenters. The Morgan fingerprint density at radius 1 is 0.946 bits per heavy atom. The van der Waals surface area contributed by atoms with Crippen molar-refractivity contribution in [3.8, 4) is 0 Å². The average molecular weight is 568 g/mol. The van der Waals surface area contributed by atoms with E-state index in [0.717, 1.165) is 10.8 Å². The van der Waals surface area contributed by atoms with Crippen LogP contribution in [0.3, 0.4) is 0 Å². The number of aliphatic carboxylic acids is 1. The van der Waals surface area contributed by atoms with Crippen LogP contribution in [-0.2, 0) is 9.59 Å². The van der Waals surface area contributed by atoms with Crippen molar-refractivity contribution in [1.29, 1.82) is 0 Å². The molecule has 0 aromatic heterocycles. The molecule has 0 heterocycles. The van der Waals surface area contributed by atoms with Gasteiger partial charge >= 0.3 is 5.97 Å². The van der Waals surface area contributed by atoms with E-state index in [-0.39, 0.29) is 23.6 Å². The maximum atomic E-state index is 13.0. The number of unbranched alkanes of at least 4 members (excludes halogenated alkanes) is 1. The highest BCUT2D eigenvalue weighted by atomic mass is 79.9. The number of benzene rings is 3. The van der Waals surface area contributed by atoms with Gasteiger partial charge in [-0.3, -0.25) is 19.4 Å². The molecule has 7 N–H and O–H groups in total. The number of Topliss-reactive ketones (excluding diaryl/α,β-unsaturated/α-hetero) is 1. The summed E-state index contributed by atoms with van der Waals surface area (Å²) in [4.78, 5) is 54.1. The third-order valence-corrected chi connectivity index (χ3v) is 5.98. The molecule has 3 aromatic carbocycles.